The van der Waals surface area contributed by atoms with E-state index >= 15 is 0 Å². The number of rotatable bonds is 4. The molecule has 0 saturated carbocycles. The zero-order chi connectivity index (χ0) is 11.4. The molecular formula is C11H16BrNO2. The van der Waals surface area contributed by atoms with Gasteiger partial charge in [0.15, 0.2) is 0 Å². The van der Waals surface area contributed by atoms with E-state index in [1.54, 1.807) is 7.11 Å². The van der Waals surface area contributed by atoms with Crippen LogP contribution in [0.1, 0.15) is 30.9 Å². The zero-order valence-corrected chi connectivity index (χ0v) is 10.8. The quantitative estimate of drug-likeness (QED) is 0.858. The molecule has 2 N–H and O–H groups in total. The first-order chi connectivity index (χ1) is 7.10. The van der Waals surface area contributed by atoms with Gasteiger partial charge in [0.05, 0.1) is 13.7 Å². The Morgan fingerprint density at radius 2 is 2.07 bits per heavy atom. The van der Waals surface area contributed by atoms with Crippen LogP contribution < -0.4 is 10.6 Å². The molecule has 0 bridgehead atoms. The molecule has 0 aliphatic carbocycles. The Morgan fingerprint density at radius 1 is 1.40 bits per heavy atom. The summed E-state index contributed by atoms with van der Waals surface area (Å²) in [4.78, 5) is 4.62. The number of hydrogen-bond donors (Lipinski definition) is 1. The van der Waals surface area contributed by atoms with Crippen LogP contribution >= 0.6 is 15.9 Å². The maximum atomic E-state index is 5.29. The molecule has 0 fully saturated rings. The molecule has 0 unspecified atom stereocenters. The summed E-state index contributed by atoms with van der Waals surface area (Å²) in [6.45, 7) is 4.62. The molecule has 0 atom stereocenters. The summed E-state index contributed by atoms with van der Waals surface area (Å²) in [6.07, 6.45) is 0. The predicted molar refractivity (Wildman–Crippen MR) is 63.8 cm³/mol. The molecule has 1 aromatic rings. The summed E-state index contributed by atoms with van der Waals surface area (Å²) in [6, 6.07) is 4.00. The van der Waals surface area contributed by atoms with Gasteiger partial charge in [-0.05, 0) is 23.6 Å². The van der Waals surface area contributed by atoms with Crippen molar-refractivity contribution in [1.29, 1.82) is 0 Å². The second-order valence-corrected chi connectivity index (χ2v) is 4.51. The van der Waals surface area contributed by atoms with E-state index in [4.69, 9.17) is 10.6 Å². The lowest BCUT2D eigenvalue weighted by atomic mass is 10.0. The molecule has 0 radical (unpaired) electrons. The van der Waals surface area contributed by atoms with E-state index < -0.39 is 0 Å². The maximum Gasteiger partial charge on any atom is 0.124 e. The van der Waals surface area contributed by atoms with E-state index in [0.29, 0.717) is 12.5 Å². The summed E-state index contributed by atoms with van der Waals surface area (Å²) in [5.41, 5.74) is 2.16. The zero-order valence-electron chi connectivity index (χ0n) is 9.21. The van der Waals surface area contributed by atoms with Crippen LogP contribution in [0.2, 0.25) is 0 Å². The van der Waals surface area contributed by atoms with E-state index in [1.165, 1.54) is 5.56 Å². The Hall–Kier alpha value is -0.580. The maximum absolute atomic E-state index is 5.29. The molecule has 0 saturated heterocycles. The fourth-order valence-electron chi connectivity index (χ4n) is 1.45. The van der Waals surface area contributed by atoms with Gasteiger partial charge >= 0.3 is 0 Å². The van der Waals surface area contributed by atoms with E-state index in [0.717, 1.165) is 15.8 Å². The Morgan fingerprint density at radius 3 is 2.53 bits per heavy atom. The highest BCUT2D eigenvalue weighted by atomic mass is 79.9. The largest absolute Gasteiger partial charge is 0.496 e. The highest BCUT2D eigenvalue weighted by Gasteiger charge is 2.11. The second kappa shape index (κ2) is 5.49. The van der Waals surface area contributed by atoms with Gasteiger partial charge in [0.2, 0.25) is 0 Å². The minimum absolute atomic E-state index is 0.347. The van der Waals surface area contributed by atoms with Crippen molar-refractivity contribution in [2.45, 2.75) is 26.4 Å². The molecule has 3 nitrogen and oxygen atoms in total. The fourth-order valence-corrected chi connectivity index (χ4v) is 2.29. The molecule has 0 spiro atoms. The lowest BCUT2D eigenvalue weighted by Crippen LogP contribution is -2.02. The van der Waals surface area contributed by atoms with Crippen LogP contribution in [0, 0.1) is 0 Å². The van der Waals surface area contributed by atoms with Gasteiger partial charge < -0.3 is 4.74 Å². The van der Waals surface area contributed by atoms with E-state index in [1.807, 2.05) is 12.1 Å². The number of benzene rings is 1. The molecule has 0 heterocycles. The molecular weight excluding hydrogens is 258 g/mol. The second-order valence-electron chi connectivity index (χ2n) is 3.65. The predicted octanol–water partition coefficient (Wildman–Crippen LogP) is 2.97. The molecule has 1 aromatic carbocycles. The van der Waals surface area contributed by atoms with Crippen LogP contribution in [-0.4, -0.2) is 7.11 Å². The van der Waals surface area contributed by atoms with E-state index in [9.17, 15) is 0 Å². The van der Waals surface area contributed by atoms with Gasteiger partial charge in [-0.2, -0.15) is 0 Å². The van der Waals surface area contributed by atoms with Gasteiger partial charge in [0.25, 0.3) is 0 Å². The van der Waals surface area contributed by atoms with Crippen LogP contribution in [0.15, 0.2) is 16.6 Å². The third-order valence-corrected chi connectivity index (χ3v) is 2.95. The van der Waals surface area contributed by atoms with Crippen molar-refractivity contribution in [3.63, 3.8) is 0 Å². The first-order valence-electron chi connectivity index (χ1n) is 4.78. The highest BCUT2D eigenvalue weighted by Crippen LogP contribution is 2.32. The van der Waals surface area contributed by atoms with Crippen LogP contribution in [0.3, 0.4) is 0 Å². The van der Waals surface area contributed by atoms with Crippen LogP contribution in [0.25, 0.3) is 0 Å². The summed E-state index contributed by atoms with van der Waals surface area (Å²) >= 11 is 3.53. The Balaban J connectivity index is 3.16. The minimum atomic E-state index is 0.347. The fraction of sp³-hybridized carbons (Fsp3) is 0.455. The Kier molecular flexibility index (Phi) is 4.57. The van der Waals surface area contributed by atoms with Crippen molar-refractivity contribution in [3.05, 3.63) is 27.7 Å². The number of methoxy groups -OCH3 is 1. The monoisotopic (exact) mass is 273 g/mol. The first-order valence-corrected chi connectivity index (χ1v) is 5.57. The number of halogens is 1. The van der Waals surface area contributed by atoms with Crippen molar-refractivity contribution in [1.82, 2.24) is 0 Å². The van der Waals surface area contributed by atoms with Gasteiger partial charge in [-0.15, -0.1) is 0 Å². The lowest BCUT2D eigenvalue weighted by Gasteiger charge is -2.14. The third-order valence-electron chi connectivity index (χ3n) is 2.26. The molecule has 0 aliphatic heterocycles. The van der Waals surface area contributed by atoms with Gasteiger partial charge in [-0.1, -0.05) is 29.8 Å². The lowest BCUT2D eigenvalue weighted by molar-refractivity contribution is 0.122. The van der Waals surface area contributed by atoms with E-state index in [2.05, 4.69) is 34.6 Å². The Labute approximate surface area is 98.6 Å². The highest BCUT2D eigenvalue weighted by molar-refractivity contribution is 9.10. The summed E-state index contributed by atoms with van der Waals surface area (Å²) in [7, 11) is 1.65. The standard InChI is InChI=1S/C11H16BrNO2/c1-7(2)9-5-11(14-3)8(6-15-13)4-10(9)12/h4-5,7H,6,13H2,1-3H3. The molecule has 4 heteroatoms. The SMILES string of the molecule is COc1cc(C(C)C)c(Br)cc1CON. The number of nitrogens with two attached hydrogens (primary N) is 1. The van der Waals surface area contributed by atoms with Crippen molar-refractivity contribution in [2.75, 3.05) is 7.11 Å². The average molecular weight is 274 g/mol. The van der Waals surface area contributed by atoms with Gasteiger partial charge in [-0.25, -0.2) is 5.90 Å². The third kappa shape index (κ3) is 2.93. The van der Waals surface area contributed by atoms with Gasteiger partial charge in [0, 0.05) is 10.0 Å². The molecule has 1 rings (SSSR count). The molecule has 15 heavy (non-hydrogen) atoms. The van der Waals surface area contributed by atoms with Crippen LogP contribution in [0.4, 0.5) is 0 Å². The van der Waals surface area contributed by atoms with Crippen molar-refractivity contribution >= 4 is 15.9 Å². The normalized spacial score (nSPS) is 10.8. The number of ether oxygens (including phenoxy) is 1. The summed E-state index contributed by atoms with van der Waals surface area (Å²) < 4.78 is 6.35. The van der Waals surface area contributed by atoms with Gasteiger partial charge in [0.1, 0.15) is 5.75 Å². The molecule has 84 valence electrons. The first kappa shape index (κ1) is 12.5. The van der Waals surface area contributed by atoms with Crippen molar-refractivity contribution in [2.24, 2.45) is 5.90 Å². The average Bonchev–Trinajstić information content (AvgIpc) is 2.18. The topological polar surface area (TPSA) is 44.5 Å². The van der Waals surface area contributed by atoms with E-state index in [-0.39, 0.29) is 0 Å². The summed E-state index contributed by atoms with van der Waals surface area (Å²) in [5, 5.41) is 0. The van der Waals surface area contributed by atoms with Crippen LogP contribution in [0.5, 0.6) is 5.75 Å². The smallest absolute Gasteiger partial charge is 0.124 e. The van der Waals surface area contributed by atoms with Crippen LogP contribution in [-0.2, 0) is 11.4 Å². The summed E-state index contributed by atoms with van der Waals surface area (Å²) in [5.74, 6) is 6.32. The van der Waals surface area contributed by atoms with Crippen molar-refractivity contribution < 1.29 is 9.57 Å². The van der Waals surface area contributed by atoms with Gasteiger partial charge in [-0.3, -0.25) is 4.84 Å². The van der Waals surface area contributed by atoms with Crippen molar-refractivity contribution in [3.8, 4) is 5.75 Å². The molecule has 0 aromatic heterocycles. The minimum Gasteiger partial charge on any atom is -0.496 e. The molecule has 0 aliphatic rings. The molecule has 0 amide bonds. The number of hydrogen-bond acceptors (Lipinski definition) is 3. The Bertz CT molecular complexity index is 340.